The van der Waals surface area contributed by atoms with Crippen molar-refractivity contribution in [3.63, 3.8) is 0 Å². The summed E-state index contributed by atoms with van der Waals surface area (Å²) in [4.78, 5) is 17.0. The van der Waals surface area contributed by atoms with E-state index in [1.807, 2.05) is 29.2 Å². The first-order chi connectivity index (χ1) is 12.3. The maximum Gasteiger partial charge on any atom is 0.225 e. The van der Waals surface area contributed by atoms with Crippen molar-refractivity contribution in [3.8, 4) is 0 Å². The van der Waals surface area contributed by atoms with Crippen LogP contribution in [0.15, 0.2) is 24.3 Å². The maximum absolute atomic E-state index is 12.7. The molecule has 0 aromatic heterocycles. The molecule has 6 nitrogen and oxygen atoms in total. The topological polar surface area (TPSA) is 60.9 Å². The number of hydrogen-bond donors (Lipinski definition) is 0. The number of sulfonamides is 1. The van der Waals surface area contributed by atoms with Gasteiger partial charge in [0.05, 0.1) is 6.26 Å². The Morgan fingerprint density at radius 2 is 1.59 bits per heavy atom. The summed E-state index contributed by atoms with van der Waals surface area (Å²) >= 11 is 5.92. The van der Waals surface area contributed by atoms with E-state index in [0.29, 0.717) is 25.9 Å². The van der Waals surface area contributed by atoms with Gasteiger partial charge < -0.3 is 4.90 Å². The summed E-state index contributed by atoms with van der Waals surface area (Å²) in [6, 6.07) is 7.88. The molecule has 152 valence electrons. The fourth-order valence-corrected chi connectivity index (χ4v) is 4.67. The monoisotopic (exact) mass is 435 g/mol. The number of nitrogens with zero attached hydrogens (tertiary/aromatic N) is 3. The van der Waals surface area contributed by atoms with Gasteiger partial charge in [-0.1, -0.05) is 23.7 Å². The Bertz CT molecular complexity index is 727. The average Bonchev–Trinajstić information content (AvgIpc) is 2.63. The van der Waals surface area contributed by atoms with Crippen LogP contribution in [0.4, 0.5) is 0 Å². The number of rotatable bonds is 4. The summed E-state index contributed by atoms with van der Waals surface area (Å²) in [5, 5.41) is 0.742. The van der Waals surface area contributed by atoms with Crippen molar-refractivity contribution >= 4 is 39.9 Å². The van der Waals surface area contributed by atoms with E-state index in [9.17, 15) is 13.2 Å². The molecule has 1 amide bonds. The van der Waals surface area contributed by atoms with Crippen LogP contribution < -0.4 is 0 Å². The third-order valence-electron chi connectivity index (χ3n) is 5.28. The molecule has 2 aliphatic rings. The summed E-state index contributed by atoms with van der Waals surface area (Å²) in [5.41, 5.74) is 1.22. The highest BCUT2D eigenvalue weighted by Gasteiger charge is 2.32. The van der Waals surface area contributed by atoms with E-state index in [1.54, 1.807) is 0 Å². The SMILES string of the molecule is CS(=O)(=O)N1CCC(C(=O)N2CCN(Cc3ccc(Cl)cc3)CC2)CC1.Cl. The Kier molecular flexibility index (Phi) is 7.94. The van der Waals surface area contributed by atoms with Crippen LogP contribution in [0.3, 0.4) is 0 Å². The number of piperazine rings is 1. The van der Waals surface area contributed by atoms with Crippen molar-refractivity contribution in [3.05, 3.63) is 34.9 Å². The van der Waals surface area contributed by atoms with Gasteiger partial charge in [-0.3, -0.25) is 9.69 Å². The molecule has 0 atom stereocenters. The second kappa shape index (κ2) is 9.56. The Morgan fingerprint density at radius 3 is 2.11 bits per heavy atom. The van der Waals surface area contributed by atoms with Gasteiger partial charge in [0.15, 0.2) is 0 Å². The summed E-state index contributed by atoms with van der Waals surface area (Å²) < 4.78 is 24.6. The van der Waals surface area contributed by atoms with Gasteiger partial charge in [0.2, 0.25) is 15.9 Å². The summed E-state index contributed by atoms with van der Waals surface area (Å²) in [7, 11) is -3.15. The van der Waals surface area contributed by atoms with Gasteiger partial charge in [-0.2, -0.15) is 0 Å². The van der Waals surface area contributed by atoms with Crippen LogP contribution in [0.5, 0.6) is 0 Å². The minimum atomic E-state index is -3.15. The first-order valence-electron chi connectivity index (χ1n) is 9.03. The van der Waals surface area contributed by atoms with E-state index in [-0.39, 0.29) is 24.2 Å². The zero-order valence-electron chi connectivity index (χ0n) is 15.5. The van der Waals surface area contributed by atoms with Crippen LogP contribution in [0, 0.1) is 5.92 Å². The van der Waals surface area contributed by atoms with Crippen molar-refractivity contribution in [1.82, 2.24) is 14.1 Å². The first kappa shape index (κ1) is 22.4. The second-order valence-electron chi connectivity index (χ2n) is 7.16. The minimum absolute atomic E-state index is 0. The number of carbonyl (C=O) groups is 1. The third-order valence-corrected chi connectivity index (χ3v) is 6.83. The van der Waals surface area contributed by atoms with Crippen molar-refractivity contribution in [2.75, 3.05) is 45.5 Å². The van der Waals surface area contributed by atoms with E-state index in [2.05, 4.69) is 4.90 Å². The van der Waals surface area contributed by atoms with E-state index in [1.165, 1.54) is 16.1 Å². The van der Waals surface area contributed by atoms with Crippen LogP contribution >= 0.6 is 24.0 Å². The highest BCUT2D eigenvalue weighted by atomic mass is 35.5. The van der Waals surface area contributed by atoms with Gasteiger partial charge in [-0.15, -0.1) is 12.4 Å². The van der Waals surface area contributed by atoms with Gasteiger partial charge in [0.1, 0.15) is 0 Å². The molecule has 2 fully saturated rings. The zero-order valence-corrected chi connectivity index (χ0v) is 17.9. The highest BCUT2D eigenvalue weighted by molar-refractivity contribution is 7.88. The Morgan fingerprint density at radius 1 is 1.04 bits per heavy atom. The van der Waals surface area contributed by atoms with Gasteiger partial charge in [-0.05, 0) is 30.5 Å². The molecule has 2 heterocycles. The fraction of sp³-hybridized carbons (Fsp3) is 0.611. The molecule has 3 rings (SSSR count). The van der Waals surface area contributed by atoms with Crippen LogP contribution in [-0.2, 0) is 21.4 Å². The smallest absolute Gasteiger partial charge is 0.225 e. The third kappa shape index (κ3) is 6.06. The lowest BCUT2D eigenvalue weighted by molar-refractivity contribution is -0.138. The van der Waals surface area contributed by atoms with E-state index < -0.39 is 10.0 Å². The highest BCUT2D eigenvalue weighted by Crippen LogP contribution is 2.22. The number of carbonyl (C=O) groups excluding carboxylic acids is 1. The van der Waals surface area contributed by atoms with E-state index >= 15 is 0 Å². The van der Waals surface area contributed by atoms with Crippen molar-refractivity contribution in [2.45, 2.75) is 19.4 Å². The summed E-state index contributed by atoms with van der Waals surface area (Å²) in [6.45, 7) is 4.95. The predicted molar refractivity (Wildman–Crippen MR) is 110 cm³/mol. The molecule has 9 heteroatoms. The van der Waals surface area contributed by atoms with Crippen molar-refractivity contribution in [2.24, 2.45) is 5.92 Å². The molecule has 27 heavy (non-hydrogen) atoms. The average molecular weight is 436 g/mol. The molecule has 0 bridgehead atoms. The normalized spacial score (nSPS) is 20.3. The molecule has 2 saturated heterocycles. The Balaban J connectivity index is 0.00000261. The molecule has 1 aromatic rings. The molecule has 0 aliphatic carbocycles. The largest absolute Gasteiger partial charge is 0.340 e. The molecule has 0 radical (unpaired) electrons. The quantitative estimate of drug-likeness (QED) is 0.725. The summed E-state index contributed by atoms with van der Waals surface area (Å²) in [5.74, 6) is 0.139. The lowest BCUT2D eigenvalue weighted by Gasteiger charge is -2.38. The molecule has 1 aromatic carbocycles. The number of benzene rings is 1. The zero-order chi connectivity index (χ0) is 18.7. The standard InChI is InChI=1S/C18H26ClN3O3S.ClH/c1-26(24,25)22-8-6-16(7-9-22)18(23)21-12-10-20(11-13-21)14-15-2-4-17(19)5-3-15;/h2-5,16H,6-14H2,1H3;1H. The number of piperidine rings is 1. The molecular formula is C18H27Cl2N3O3S. The van der Waals surface area contributed by atoms with Crippen molar-refractivity contribution in [1.29, 1.82) is 0 Å². The fourth-order valence-electron chi connectivity index (χ4n) is 3.67. The van der Waals surface area contributed by atoms with Gasteiger partial charge in [-0.25, -0.2) is 12.7 Å². The van der Waals surface area contributed by atoms with Gasteiger partial charge in [0, 0.05) is 56.8 Å². The molecule has 2 aliphatic heterocycles. The molecule has 0 N–H and O–H groups in total. The predicted octanol–water partition coefficient (Wildman–Crippen LogP) is 2.08. The van der Waals surface area contributed by atoms with E-state index in [0.717, 1.165) is 37.7 Å². The molecule has 0 unspecified atom stereocenters. The lowest BCUT2D eigenvalue weighted by Crippen LogP contribution is -2.51. The Labute approximate surface area is 172 Å². The van der Waals surface area contributed by atoms with Gasteiger partial charge >= 0.3 is 0 Å². The van der Waals surface area contributed by atoms with Crippen LogP contribution in [0.25, 0.3) is 0 Å². The molecule has 0 saturated carbocycles. The van der Waals surface area contributed by atoms with Crippen LogP contribution in [-0.4, -0.2) is 74.0 Å². The second-order valence-corrected chi connectivity index (χ2v) is 9.58. The number of amides is 1. The number of hydrogen-bond acceptors (Lipinski definition) is 4. The maximum atomic E-state index is 12.7. The molecule has 0 spiro atoms. The lowest BCUT2D eigenvalue weighted by atomic mass is 9.96. The van der Waals surface area contributed by atoms with Crippen LogP contribution in [0.1, 0.15) is 18.4 Å². The summed E-state index contributed by atoms with van der Waals surface area (Å²) in [6.07, 6.45) is 2.48. The van der Waals surface area contributed by atoms with Gasteiger partial charge in [0.25, 0.3) is 0 Å². The van der Waals surface area contributed by atoms with Crippen LogP contribution in [0.2, 0.25) is 5.02 Å². The first-order valence-corrected chi connectivity index (χ1v) is 11.3. The van der Waals surface area contributed by atoms with Crippen molar-refractivity contribution < 1.29 is 13.2 Å². The van der Waals surface area contributed by atoms with E-state index in [4.69, 9.17) is 11.6 Å². The molecular weight excluding hydrogens is 409 g/mol. The Hall–Kier alpha value is -0.860. The number of halogens is 2. The minimum Gasteiger partial charge on any atom is -0.340 e.